The van der Waals surface area contributed by atoms with E-state index in [4.69, 9.17) is 0 Å². The molecule has 0 fully saturated rings. The number of halogens is 1. The minimum absolute atomic E-state index is 0.211. The summed E-state index contributed by atoms with van der Waals surface area (Å²) >= 11 is 4.08. The van der Waals surface area contributed by atoms with Gasteiger partial charge in [-0.2, -0.15) is 12.6 Å². The van der Waals surface area contributed by atoms with Crippen LogP contribution in [0.2, 0.25) is 0 Å². The highest BCUT2D eigenvalue weighted by molar-refractivity contribution is 7.80. The molecule has 0 aliphatic rings. The molecule has 2 aromatic rings. The predicted molar refractivity (Wildman–Crippen MR) is 61.1 cm³/mol. The molecule has 14 heavy (non-hydrogen) atoms. The largest absolute Gasteiger partial charge is 0.361 e. The monoisotopic (exact) mass is 207 g/mol. The molecular weight excluding hydrogens is 197 g/mol. The second-order valence-corrected chi connectivity index (χ2v) is 3.38. The summed E-state index contributed by atoms with van der Waals surface area (Å²) in [7, 11) is 0. The van der Waals surface area contributed by atoms with E-state index in [2.05, 4.69) is 17.6 Å². The maximum Gasteiger partial charge on any atom is 0.123 e. The summed E-state index contributed by atoms with van der Waals surface area (Å²) < 4.78 is 13.0. The Balaban J connectivity index is 2.55. The van der Waals surface area contributed by atoms with E-state index < -0.39 is 0 Å². The van der Waals surface area contributed by atoms with Crippen LogP contribution in [-0.2, 0) is 0 Å². The highest BCUT2D eigenvalue weighted by Gasteiger charge is 2.01. The molecule has 1 aromatic carbocycles. The summed E-state index contributed by atoms with van der Waals surface area (Å²) in [6.45, 7) is 0. The van der Waals surface area contributed by atoms with Crippen molar-refractivity contribution < 1.29 is 4.39 Å². The van der Waals surface area contributed by atoms with Crippen LogP contribution in [0.4, 0.5) is 4.39 Å². The fourth-order valence-corrected chi connectivity index (χ4v) is 1.54. The van der Waals surface area contributed by atoms with Crippen LogP contribution in [0.1, 0.15) is 5.56 Å². The second-order valence-electron chi connectivity index (χ2n) is 3.02. The van der Waals surface area contributed by atoms with Gasteiger partial charge in [0, 0.05) is 22.9 Å². The van der Waals surface area contributed by atoms with Crippen molar-refractivity contribution in [2.75, 3.05) is 5.75 Å². The van der Waals surface area contributed by atoms with E-state index in [0.29, 0.717) is 5.75 Å². The Morgan fingerprint density at radius 3 is 3.07 bits per heavy atom. The predicted octanol–water partition coefficient (Wildman–Crippen LogP) is 3.25. The van der Waals surface area contributed by atoms with Gasteiger partial charge in [-0.05, 0) is 23.8 Å². The fraction of sp³-hybridized carbons (Fsp3) is 0.0909. The van der Waals surface area contributed by atoms with Crippen LogP contribution in [0, 0.1) is 5.82 Å². The number of rotatable bonds is 2. The van der Waals surface area contributed by atoms with Gasteiger partial charge in [-0.1, -0.05) is 12.2 Å². The maximum atomic E-state index is 13.0. The molecule has 0 spiro atoms. The van der Waals surface area contributed by atoms with Gasteiger partial charge < -0.3 is 4.98 Å². The topological polar surface area (TPSA) is 15.8 Å². The third-order valence-electron chi connectivity index (χ3n) is 2.08. The maximum absolute atomic E-state index is 13.0. The van der Waals surface area contributed by atoms with Gasteiger partial charge in [0.15, 0.2) is 0 Å². The van der Waals surface area contributed by atoms with Gasteiger partial charge in [0.2, 0.25) is 0 Å². The summed E-state index contributed by atoms with van der Waals surface area (Å²) in [5, 5.41) is 0.906. The third-order valence-corrected chi connectivity index (χ3v) is 2.29. The number of aromatic nitrogens is 1. The molecule has 1 nitrogen and oxygen atoms in total. The van der Waals surface area contributed by atoms with E-state index in [0.717, 1.165) is 16.5 Å². The zero-order valence-corrected chi connectivity index (χ0v) is 8.39. The lowest BCUT2D eigenvalue weighted by Gasteiger charge is -1.92. The molecule has 0 unspecified atom stereocenters. The van der Waals surface area contributed by atoms with Crippen LogP contribution in [0.5, 0.6) is 0 Å². The van der Waals surface area contributed by atoms with Crippen LogP contribution < -0.4 is 0 Å². The van der Waals surface area contributed by atoms with E-state index >= 15 is 0 Å². The molecule has 1 heterocycles. The Hall–Kier alpha value is -1.22. The number of fused-ring (bicyclic) bond motifs is 1. The van der Waals surface area contributed by atoms with Crippen molar-refractivity contribution in [3.63, 3.8) is 0 Å². The molecule has 0 aliphatic heterocycles. The lowest BCUT2D eigenvalue weighted by molar-refractivity contribution is 0.629. The van der Waals surface area contributed by atoms with Gasteiger partial charge in [-0.15, -0.1) is 0 Å². The van der Waals surface area contributed by atoms with E-state index in [1.807, 2.05) is 18.3 Å². The van der Waals surface area contributed by atoms with Crippen molar-refractivity contribution in [1.29, 1.82) is 0 Å². The highest BCUT2D eigenvalue weighted by Crippen LogP contribution is 2.20. The zero-order chi connectivity index (χ0) is 9.97. The molecule has 0 saturated carbocycles. The minimum atomic E-state index is -0.211. The van der Waals surface area contributed by atoms with E-state index in [9.17, 15) is 4.39 Å². The summed E-state index contributed by atoms with van der Waals surface area (Å²) in [6, 6.07) is 4.72. The summed E-state index contributed by atoms with van der Waals surface area (Å²) in [5.41, 5.74) is 1.94. The molecule has 3 heteroatoms. The Morgan fingerprint density at radius 2 is 2.29 bits per heavy atom. The van der Waals surface area contributed by atoms with Crippen molar-refractivity contribution >= 4 is 29.6 Å². The number of hydrogen-bond acceptors (Lipinski definition) is 1. The van der Waals surface area contributed by atoms with Crippen LogP contribution in [-0.4, -0.2) is 10.7 Å². The van der Waals surface area contributed by atoms with E-state index in [1.165, 1.54) is 12.1 Å². The van der Waals surface area contributed by atoms with Crippen molar-refractivity contribution in [2.45, 2.75) is 0 Å². The fourth-order valence-electron chi connectivity index (χ4n) is 1.43. The average molecular weight is 207 g/mol. The van der Waals surface area contributed by atoms with Gasteiger partial charge in [0.1, 0.15) is 5.82 Å². The average Bonchev–Trinajstić information content (AvgIpc) is 2.57. The first-order valence-corrected chi connectivity index (χ1v) is 4.98. The van der Waals surface area contributed by atoms with Gasteiger partial charge >= 0.3 is 0 Å². The Kier molecular flexibility index (Phi) is 2.59. The summed E-state index contributed by atoms with van der Waals surface area (Å²) in [5.74, 6) is 0.472. The Bertz CT molecular complexity index is 473. The molecule has 0 amide bonds. The van der Waals surface area contributed by atoms with Gasteiger partial charge in [0.05, 0.1) is 0 Å². The molecule has 1 aromatic heterocycles. The van der Waals surface area contributed by atoms with Gasteiger partial charge in [-0.3, -0.25) is 0 Å². The van der Waals surface area contributed by atoms with Crippen molar-refractivity contribution in [3.8, 4) is 0 Å². The Morgan fingerprint density at radius 1 is 1.43 bits per heavy atom. The molecule has 0 aliphatic carbocycles. The lowest BCUT2D eigenvalue weighted by atomic mass is 10.1. The van der Waals surface area contributed by atoms with Gasteiger partial charge in [0.25, 0.3) is 0 Å². The Labute approximate surface area is 87.0 Å². The number of hydrogen-bond donors (Lipinski definition) is 2. The van der Waals surface area contributed by atoms with Crippen molar-refractivity contribution in [3.05, 3.63) is 41.9 Å². The minimum Gasteiger partial charge on any atom is -0.361 e. The molecular formula is C11H10FNS. The number of H-pyrrole nitrogens is 1. The first kappa shape index (κ1) is 9.34. The molecule has 72 valence electrons. The molecule has 0 bridgehead atoms. The lowest BCUT2D eigenvalue weighted by Crippen LogP contribution is -1.74. The number of aromatic amines is 1. The molecule has 1 N–H and O–H groups in total. The number of nitrogens with one attached hydrogen (secondary N) is 1. The molecule has 0 radical (unpaired) electrons. The molecule has 0 atom stereocenters. The van der Waals surface area contributed by atoms with Crippen LogP contribution in [0.25, 0.3) is 17.0 Å². The van der Waals surface area contributed by atoms with Gasteiger partial charge in [-0.25, -0.2) is 4.39 Å². The SMILES string of the molecule is Fc1ccc2[nH]cc(C=CCS)c2c1. The van der Waals surface area contributed by atoms with Crippen LogP contribution >= 0.6 is 12.6 Å². The third kappa shape index (κ3) is 1.68. The van der Waals surface area contributed by atoms with Crippen LogP contribution in [0.3, 0.4) is 0 Å². The first-order chi connectivity index (χ1) is 6.81. The smallest absolute Gasteiger partial charge is 0.123 e. The molecule has 0 saturated heterocycles. The normalized spacial score (nSPS) is 11.6. The first-order valence-electron chi connectivity index (χ1n) is 4.35. The quantitative estimate of drug-likeness (QED) is 0.703. The van der Waals surface area contributed by atoms with Crippen molar-refractivity contribution in [1.82, 2.24) is 4.98 Å². The summed E-state index contributed by atoms with van der Waals surface area (Å²) in [4.78, 5) is 3.08. The highest BCUT2D eigenvalue weighted by atomic mass is 32.1. The number of benzene rings is 1. The summed E-state index contributed by atoms with van der Waals surface area (Å²) in [6.07, 6.45) is 5.73. The van der Waals surface area contributed by atoms with E-state index in [-0.39, 0.29) is 5.82 Å². The standard InChI is InChI=1S/C11H10FNS/c12-9-3-4-11-10(6-9)8(7-13-11)2-1-5-14/h1-4,6-7,13-14H,5H2. The second kappa shape index (κ2) is 3.88. The van der Waals surface area contributed by atoms with Crippen molar-refractivity contribution in [2.24, 2.45) is 0 Å². The number of thiol groups is 1. The molecule has 2 rings (SSSR count). The van der Waals surface area contributed by atoms with E-state index in [1.54, 1.807) is 6.07 Å². The zero-order valence-electron chi connectivity index (χ0n) is 7.50. The van der Waals surface area contributed by atoms with Crippen LogP contribution in [0.15, 0.2) is 30.5 Å².